The van der Waals surface area contributed by atoms with Gasteiger partial charge in [-0.25, -0.2) is 9.78 Å². The average molecular weight is 492 g/mol. The number of carbonyl (C=O) groups excluding carboxylic acids is 1. The minimum Gasteiger partial charge on any atom is -0.481 e. The largest absolute Gasteiger partial charge is 0.481 e. The van der Waals surface area contributed by atoms with Crippen molar-refractivity contribution < 1.29 is 24.2 Å². The maximum absolute atomic E-state index is 12.4. The van der Waals surface area contributed by atoms with Gasteiger partial charge in [0.15, 0.2) is 0 Å². The van der Waals surface area contributed by atoms with E-state index in [1.54, 1.807) is 12.0 Å². The van der Waals surface area contributed by atoms with Gasteiger partial charge < -0.3 is 24.0 Å². The molecular weight excluding hydrogens is 458 g/mol. The minimum absolute atomic E-state index is 0.227. The van der Waals surface area contributed by atoms with Gasteiger partial charge in [-0.05, 0) is 49.3 Å². The van der Waals surface area contributed by atoms with Gasteiger partial charge in [0.2, 0.25) is 0 Å². The standard InChI is InChI=1S/C28H33N3O5/c1-35-21-11-8-20(9-12-21)26-29-25-22-16-30(28(34)36-2)15-14-19(22)10-13-24(25)31(26)17-23(27(32)33)18-6-4-3-5-7-18/h3-7,10,13,20-21,23H,8-9,11-12,14-17H2,1-2H3,(H,32,33)/t20?,21?,23-/m0/s1. The lowest BCUT2D eigenvalue weighted by Gasteiger charge is -2.28. The number of ether oxygens (including phenoxy) is 2. The van der Waals surface area contributed by atoms with Crippen molar-refractivity contribution in [3.63, 3.8) is 0 Å². The van der Waals surface area contributed by atoms with E-state index in [1.165, 1.54) is 12.7 Å². The molecule has 8 heteroatoms. The molecule has 0 saturated heterocycles. The third kappa shape index (κ3) is 4.57. The number of aromatic nitrogens is 2. The molecule has 1 fully saturated rings. The van der Waals surface area contributed by atoms with Crippen LogP contribution in [0.15, 0.2) is 42.5 Å². The summed E-state index contributed by atoms with van der Waals surface area (Å²) in [5.74, 6) is -0.387. The lowest BCUT2D eigenvalue weighted by atomic mass is 9.86. The summed E-state index contributed by atoms with van der Waals surface area (Å²) >= 11 is 0. The van der Waals surface area contributed by atoms with E-state index < -0.39 is 11.9 Å². The number of fused-ring (bicyclic) bond motifs is 3. The predicted octanol–water partition coefficient (Wildman–Crippen LogP) is 4.70. The summed E-state index contributed by atoms with van der Waals surface area (Å²) in [7, 11) is 3.16. The van der Waals surface area contributed by atoms with Crippen LogP contribution >= 0.6 is 0 Å². The van der Waals surface area contributed by atoms with Crippen LogP contribution in [-0.2, 0) is 33.8 Å². The fourth-order valence-electron chi connectivity index (χ4n) is 5.78. The molecule has 1 atom stereocenters. The molecule has 1 saturated carbocycles. The Morgan fingerprint density at radius 3 is 2.50 bits per heavy atom. The van der Waals surface area contributed by atoms with Crippen molar-refractivity contribution in [3.8, 4) is 0 Å². The number of nitrogens with zero attached hydrogens (tertiary/aromatic N) is 3. The summed E-state index contributed by atoms with van der Waals surface area (Å²) in [6.07, 6.45) is 4.47. The van der Waals surface area contributed by atoms with Gasteiger partial charge >= 0.3 is 12.1 Å². The van der Waals surface area contributed by atoms with Crippen LogP contribution in [0.25, 0.3) is 11.0 Å². The molecule has 1 N–H and O–H groups in total. The summed E-state index contributed by atoms with van der Waals surface area (Å²) in [5.41, 5.74) is 4.77. The van der Waals surface area contributed by atoms with E-state index in [0.29, 0.717) is 19.6 Å². The number of carboxylic acid groups (broad SMARTS) is 1. The first-order chi connectivity index (χ1) is 17.5. The summed E-state index contributed by atoms with van der Waals surface area (Å²) in [6.45, 7) is 1.34. The van der Waals surface area contributed by atoms with E-state index in [1.807, 2.05) is 30.3 Å². The lowest BCUT2D eigenvalue weighted by molar-refractivity contribution is -0.139. The lowest BCUT2D eigenvalue weighted by Crippen LogP contribution is -2.35. The normalized spacial score (nSPS) is 20.7. The van der Waals surface area contributed by atoms with Gasteiger partial charge in [0.05, 0.1) is 36.7 Å². The maximum atomic E-state index is 12.4. The molecule has 190 valence electrons. The highest BCUT2D eigenvalue weighted by Gasteiger charge is 2.31. The Bertz CT molecular complexity index is 1250. The van der Waals surface area contributed by atoms with Gasteiger partial charge in [-0.2, -0.15) is 0 Å². The van der Waals surface area contributed by atoms with E-state index in [9.17, 15) is 14.7 Å². The number of amides is 1. The van der Waals surface area contributed by atoms with Gasteiger partial charge in [-0.1, -0.05) is 36.4 Å². The van der Waals surface area contributed by atoms with Crippen molar-refractivity contribution in [3.05, 3.63) is 65.0 Å². The first-order valence-corrected chi connectivity index (χ1v) is 12.6. The van der Waals surface area contributed by atoms with Crippen LogP contribution in [0.4, 0.5) is 4.79 Å². The Labute approximate surface area is 210 Å². The van der Waals surface area contributed by atoms with E-state index in [4.69, 9.17) is 14.5 Å². The number of methoxy groups -OCH3 is 2. The van der Waals surface area contributed by atoms with Crippen LogP contribution in [0.2, 0.25) is 0 Å². The number of hydrogen-bond donors (Lipinski definition) is 1. The molecule has 0 unspecified atom stereocenters. The summed E-state index contributed by atoms with van der Waals surface area (Å²) < 4.78 is 12.7. The Morgan fingerprint density at radius 2 is 1.83 bits per heavy atom. The second kappa shape index (κ2) is 10.3. The van der Waals surface area contributed by atoms with Crippen LogP contribution in [0, 0.1) is 0 Å². The van der Waals surface area contributed by atoms with Crippen LogP contribution in [0.5, 0.6) is 0 Å². The molecule has 1 aliphatic heterocycles. The van der Waals surface area contributed by atoms with Crippen molar-refractivity contribution in [1.29, 1.82) is 0 Å². The van der Waals surface area contributed by atoms with Gasteiger partial charge in [0, 0.05) is 31.7 Å². The minimum atomic E-state index is -0.855. The predicted molar refractivity (Wildman–Crippen MR) is 135 cm³/mol. The first-order valence-electron chi connectivity index (χ1n) is 12.6. The van der Waals surface area contributed by atoms with Crippen molar-refractivity contribution in [2.24, 2.45) is 0 Å². The molecule has 0 spiro atoms. The second-order valence-corrected chi connectivity index (χ2v) is 9.80. The number of rotatable bonds is 6. The molecule has 1 aromatic heterocycles. The van der Waals surface area contributed by atoms with Crippen molar-refractivity contribution in [1.82, 2.24) is 14.5 Å². The summed E-state index contributed by atoms with van der Waals surface area (Å²) in [4.78, 5) is 31.6. The molecule has 1 amide bonds. The Morgan fingerprint density at radius 1 is 1.08 bits per heavy atom. The fraction of sp³-hybridized carbons (Fsp3) is 0.464. The highest BCUT2D eigenvalue weighted by molar-refractivity contribution is 5.83. The molecule has 3 aromatic rings. The number of hydrogen-bond acceptors (Lipinski definition) is 5. The summed E-state index contributed by atoms with van der Waals surface area (Å²) in [6, 6.07) is 13.6. The Balaban J connectivity index is 1.60. The molecule has 0 bridgehead atoms. The van der Waals surface area contributed by atoms with Crippen LogP contribution < -0.4 is 0 Å². The molecule has 1 aliphatic carbocycles. The molecule has 5 rings (SSSR count). The smallest absolute Gasteiger partial charge is 0.409 e. The number of carboxylic acids is 1. The van der Waals surface area contributed by atoms with Crippen molar-refractivity contribution in [2.45, 2.75) is 63.1 Å². The van der Waals surface area contributed by atoms with Crippen LogP contribution in [-0.4, -0.2) is 58.5 Å². The molecule has 8 nitrogen and oxygen atoms in total. The second-order valence-electron chi connectivity index (χ2n) is 9.80. The van der Waals surface area contributed by atoms with E-state index >= 15 is 0 Å². The van der Waals surface area contributed by atoms with Gasteiger partial charge in [0.25, 0.3) is 0 Å². The number of carbonyl (C=O) groups is 2. The first kappa shape index (κ1) is 24.3. The molecule has 0 radical (unpaired) electrons. The SMILES string of the molecule is COC(=O)N1CCc2ccc3c(nc(C4CCC(OC)CC4)n3C[C@H](C(=O)O)c3ccccc3)c2C1. The Hall–Kier alpha value is -3.39. The van der Waals surface area contributed by atoms with E-state index in [-0.39, 0.29) is 18.1 Å². The number of aliphatic carboxylic acids is 1. The zero-order valence-corrected chi connectivity index (χ0v) is 20.9. The molecule has 2 aliphatic rings. The zero-order valence-electron chi connectivity index (χ0n) is 20.9. The third-order valence-corrected chi connectivity index (χ3v) is 7.82. The highest BCUT2D eigenvalue weighted by Crippen LogP contribution is 2.38. The third-order valence-electron chi connectivity index (χ3n) is 7.82. The van der Waals surface area contributed by atoms with E-state index in [0.717, 1.165) is 60.1 Å². The number of benzene rings is 2. The van der Waals surface area contributed by atoms with Crippen LogP contribution in [0.1, 0.15) is 60.0 Å². The van der Waals surface area contributed by atoms with Gasteiger partial charge in [-0.3, -0.25) is 4.79 Å². The molecule has 36 heavy (non-hydrogen) atoms. The summed E-state index contributed by atoms with van der Waals surface area (Å²) in [5, 5.41) is 10.2. The highest BCUT2D eigenvalue weighted by atomic mass is 16.5. The van der Waals surface area contributed by atoms with Crippen molar-refractivity contribution >= 4 is 23.1 Å². The van der Waals surface area contributed by atoms with Gasteiger partial charge in [-0.15, -0.1) is 0 Å². The molecule has 2 heterocycles. The average Bonchev–Trinajstić information content (AvgIpc) is 3.30. The van der Waals surface area contributed by atoms with Gasteiger partial charge in [0.1, 0.15) is 5.82 Å². The topological polar surface area (TPSA) is 93.9 Å². The fourth-order valence-corrected chi connectivity index (χ4v) is 5.78. The number of imidazole rings is 1. The zero-order chi connectivity index (χ0) is 25.2. The monoisotopic (exact) mass is 491 g/mol. The van der Waals surface area contributed by atoms with Crippen LogP contribution in [0.3, 0.4) is 0 Å². The molecular formula is C28H33N3O5. The van der Waals surface area contributed by atoms with E-state index in [2.05, 4.69) is 16.7 Å². The Kier molecular flexibility index (Phi) is 6.96. The molecule has 2 aromatic carbocycles. The van der Waals surface area contributed by atoms with Crippen molar-refractivity contribution in [2.75, 3.05) is 20.8 Å². The quantitative estimate of drug-likeness (QED) is 0.537. The maximum Gasteiger partial charge on any atom is 0.409 e.